The highest BCUT2D eigenvalue weighted by molar-refractivity contribution is 5.98. The molecular weight excluding hydrogens is 269 g/mol. The second-order valence-corrected chi connectivity index (χ2v) is 3.55. The van der Waals surface area contributed by atoms with E-state index in [1.807, 2.05) is 0 Å². The number of anilines is 1. The largest absolute Gasteiger partial charge is 0.494 e. The molecule has 7 heteroatoms. The van der Waals surface area contributed by atoms with Crippen LogP contribution in [-0.4, -0.2) is 33.3 Å². The van der Waals surface area contributed by atoms with Crippen molar-refractivity contribution < 1.29 is 28.2 Å². The minimum atomic E-state index is -0.786. The zero-order valence-electron chi connectivity index (χ0n) is 11.2. The highest BCUT2D eigenvalue weighted by Gasteiger charge is 2.13. The minimum absolute atomic E-state index is 0.0621. The molecule has 0 aliphatic rings. The van der Waals surface area contributed by atoms with E-state index in [4.69, 9.17) is 4.74 Å². The summed E-state index contributed by atoms with van der Waals surface area (Å²) in [4.78, 5) is 22.7. The van der Waals surface area contributed by atoms with E-state index in [1.165, 1.54) is 26.4 Å². The maximum Gasteiger partial charge on any atom is 0.354 e. The average molecular weight is 283 g/mol. The molecule has 1 aromatic carbocycles. The number of rotatable bonds is 5. The molecular formula is C13H14FNO5. The Bertz CT molecular complexity index is 542. The van der Waals surface area contributed by atoms with Gasteiger partial charge in [-0.1, -0.05) is 0 Å². The number of nitrogens with one attached hydrogen (secondary N) is 1. The Morgan fingerprint density at radius 3 is 2.40 bits per heavy atom. The van der Waals surface area contributed by atoms with Crippen molar-refractivity contribution in [1.82, 2.24) is 0 Å². The molecule has 1 rings (SSSR count). The molecule has 0 aliphatic heterocycles. The van der Waals surface area contributed by atoms with E-state index in [-0.39, 0.29) is 17.1 Å². The van der Waals surface area contributed by atoms with Gasteiger partial charge in [-0.2, -0.15) is 0 Å². The van der Waals surface area contributed by atoms with Crippen LogP contribution < -0.4 is 10.1 Å². The molecule has 0 radical (unpaired) electrons. The number of halogens is 1. The first-order chi connectivity index (χ1) is 9.51. The van der Waals surface area contributed by atoms with Gasteiger partial charge >= 0.3 is 11.9 Å². The first-order valence-corrected chi connectivity index (χ1v) is 5.50. The lowest BCUT2D eigenvalue weighted by molar-refractivity contribution is -0.138. The second kappa shape index (κ2) is 7.13. The highest BCUT2D eigenvalue weighted by atomic mass is 19.1. The van der Waals surface area contributed by atoms with E-state index < -0.39 is 17.8 Å². The van der Waals surface area contributed by atoms with Crippen LogP contribution in [0.15, 0.2) is 30.0 Å². The normalized spacial score (nSPS) is 10.7. The van der Waals surface area contributed by atoms with Gasteiger partial charge in [0.25, 0.3) is 0 Å². The quantitative estimate of drug-likeness (QED) is 0.651. The first kappa shape index (κ1) is 15.5. The van der Waals surface area contributed by atoms with Crippen molar-refractivity contribution in [3.63, 3.8) is 0 Å². The third-order valence-corrected chi connectivity index (χ3v) is 2.30. The summed E-state index contributed by atoms with van der Waals surface area (Å²) in [5.74, 6) is -2.08. The van der Waals surface area contributed by atoms with E-state index in [9.17, 15) is 14.0 Å². The fourth-order valence-corrected chi connectivity index (χ4v) is 1.33. The van der Waals surface area contributed by atoms with Gasteiger partial charge in [0.2, 0.25) is 0 Å². The van der Waals surface area contributed by atoms with Gasteiger partial charge in [-0.25, -0.2) is 14.0 Å². The number of esters is 2. The Balaban J connectivity index is 3.01. The molecule has 0 fully saturated rings. The molecule has 0 bridgehead atoms. The van der Waals surface area contributed by atoms with Crippen LogP contribution in [0.1, 0.15) is 0 Å². The van der Waals surface area contributed by atoms with Crippen molar-refractivity contribution in [3.8, 4) is 5.75 Å². The molecule has 0 amide bonds. The number of hydrogen-bond donors (Lipinski definition) is 1. The molecule has 0 saturated heterocycles. The van der Waals surface area contributed by atoms with Crippen molar-refractivity contribution in [2.45, 2.75) is 0 Å². The fourth-order valence-electron chi connectivity index (χ4n) is 1.33. The molecule has 1 N–H and O–H groups in total. The third kappa shape index (κ3) is 3.98. The number of hydrogen-bond acceptors (Lipinski definition) is 6. The number of carbonyl (C=O) groups is 2. The molecule has 0 unspecified atom stereocenters. The summed E-state index contributed by atoms with van der Waals surface area (Å²) >= 11 is 0. The SMILES string of the molecule is COC(=O)/C=C(/Nc1ccc(OC)c(F)c1)C(=O)OC. The van der Waals surface area contributed by atoms with Crippen molar-refractivity contribution >= 4 is 17.6 Å². The van der Waals surface area contributed by atoms with Gasteiger partial charge in [0.05, 0.1) is 27.4 Å². The molecule has 1 aromatic rings. The maximum atomic E-state index is 13.5. The zero-order valence-corrected chi connectivity index (χ0v) is 11.2. The van der Waals surface area contributed by atoms with Crippen molar-refractivity contribution in [3.05, 3.63) is 35.8 Å². The van der Waals surface area contributed by atoms with Crippen LogP contribution in [-0.2, 0) is 19.1 Å². The summed E-state index contributed by atoms with van der Waals surface area (Å²) in [5.41, 5.74) is 0.0766. The Labute approximate surface area is 115 Å². The number of carbonyl (C=O) groups excluding carboxylic acids is 2. The monoisotopic (exact) mass is 283 g/mol. The van der Waals surface area contributed by atoms with Gasteiger partial charge < -0.3 is 19.5 Å². The van der Waals surface area contributed by atoms with Crippen LogP contribution in [0.2, 0.25) is 0 Å². The third-order valence-electron chi connectivity index (χ3n) is 2.30. The Morgan fingerprint density at radius 2 is 1.90 bits per heavy atom. The van der Waals surface area contributed by atoms with Crippen LogP contribution in [0.25, 0.3) is 0 Å². The van der Waals surface area contributed by atoms with Gasteiger partial charge in [-0.05, 0) is 12.1 Å². The lowest BCUT2D eigenvalue weighted by Gasteiger charge is -2.10. The lowest BCUT2D eigenvalue weighted by Crippen LogP contribution is -2.15. The van der Waals surface area contributed by atoms with Crippen LogP contribution >= 0.6 is 0 Å². The summed E-state index contributed by atoms with van der Waals surface area (Å²) < 4.78 is 27.2. The van der Waals surface area contributed by atoms with Gasteiger partial charge in [0.15, 0.2) is 11.6 Å². The molecule has 0 saturated carbocycles. The average Bonchev–Trinajstić information content (AvgIpc) is 2.45. The molecule has 0 aliphatic carbocycles. The van der Waals surface area contributed by atoms with Crippen molar-refractivity contribution in [2.75, 3.05) is 26.6 Å². The zero-order chi connectivity index (χ0) is 15.1. The van der Waals surface area contributed by atoms with Gasteiger partial charge in [0.1, 0.15) is 5.70 Å². The molecule has 108 valence electrons. The topological polar surface area (TPSA) is 73.9 Å². The fraction of sp³-hybridized carbons (Fsp3) is 0.231. The number of methoxy groups -OCH3 is 3. The second-order valence-electron chi connectivity index (χ2n) is 3.55. The molecule has 20 heavy (non-hydrogen) atoms. The summed E-state index contributed by atoms with van der Waals surface area (Å²) in [5, 5.41) is 2.58. The minimum Gasteiger partial charge on any atom is -0.494 e. The van der Waals surface area contributed by atoms with E-state index >= 15 is 0 Å². The van der Waals surface area contributed by atoms with Crippen LogP contribution in [0.3, 0.4) is 0 Å². The van der Waals surface area contributed by atoms with E-state index in [2.05, 4.69) is 14.8 Å². The molecule has 6 nitrogen and oxygen atoms in total. The maximum absolute atomic E-state index is 13.5. The number of benzene rings is 1. The lowest BCUT2D eigenvalue weighted by atomic mass is 10.2. The summed E-state index contributed by atoms with van der Waals surface area (Å²) in [7, 11) is 3.66. The summed E-state index contributed by atoms with van der Waals surface area (Å²) in [6, 6.07) is 3.98. The Hall–Kier alpha value is -2.57. The molecule has 0 aromatic heterocycles. The number of ether oxygens (including phenoxy) is 3. The highest BCUT2D eigenvalue weighted by Crippen LogP contribution is 2.21. The predicted octanol–water partition coefficient (Wildman–Crippen LogP) is 1.48. The summed E-state index contributed by atoms with van der Waals surface area (Å²) in [6.45, 7) is 0. The van der Waals surface area contributed by atoms with Crippen LogP contribution in [0.5, 0.6) is 5.75 Å². The smallest absolute Gasteiger partial charge is 0.354 e. The predicted molar refractivity (Wildman–Crippen MR) is 68.7 cm³/mol. The first-order valence-electron chi connectivity index (χ1n) is 5.50. The van der Waals surface area contributed by atoms with Crippen LogP contribution in [0, 0.1) is 5.82 Å². The van der Waals surface area contributed by atoms with E-state index in [0.717, 1.165) is 19.3 Å². The Kier molecular flexibility index (Phi) is 5.52. The standard InChI is InChI=1S/C13H14FNO5/c1-18-11-5-4-8(6-9(11)14)15-10(13(17)20-3)7-12(16)19-2/h4-7,15H,1-3H3/b10-7+. The molecule has 0 spiro atoms. The van der Waals surface area contributed by atoms with Gasteiger partial charge in [0, 0.05) is 11.8 Å². The van der Waals surface area contributed by atoms with Gasteiger partial charge in [-0.3, -0.25) is 0 Å². The van der Waals surface area contributed by atoms with Crippen molar-refractivity contribution in [1.29, 1.82) is 0 Å². The Morgan fingerprint density at radius 1 is 1.20 bits per heavy atom. The van der Waals surface area contributed by atoms with Crippen LogP contribution in [0.4, 0.5) is 10.1 Å². The molecule has 0 atom stereocenters. The summed E-state index contributed by atoms with van der Waals surface area (Å²) in [6.07, 6.45) is 0.911. The van der Waals surface area contributed by atoms with E-state index in [0.29, 0.717) is 0 Å². The van der Waals surface area contributed by atoms with E-state index in [1.54, 1.807) is 0 Å². The van der Waals surface area contributed by atoms with Crippen molar-refractivity contribution in [2.24, 2.45) is 0 Å². The molecule has 0 heterocycles. The van der Waals surface area contributed by atoms with Gasteiger partial charge in [-0.15, -0.1) is 0 Å².